The van der Waals surface area contributed by atoms with Gasteiger partial charge in [0.05, 0.1) is 17.1 Å². The molecule has 0 aliphatic carbocycles. The second-order valence-corrected chi connectivity index (χ2v) is 5.90. The summed E-state index contributed by atoms with van der Waals surface area (Å²) in [6.07, 6.45) is 4.83. The lowest BCUT2D eigenvalue weighted by Gasteiger charge is -2.24. The van der Waals surface area contributed by atoms with Crippen LogP contribution >= 0.6 is 0 Å². The van der Waals surface area contributed by atoms with E-state index in [1.807, 2.05) is 30.3 Å². The molecule has 1 saturated heterocycles. The Bertz CT molecular complexity index is 966. The normalized spacial score (nSPS) is 17.3. The van der Waals surface area contributed by atoms with Crippen LogP contribution in [0.3, 0.4) is 0 Å². The number of likely N-dealkylation sites (tertiary alicyclic amines) is 1. The quantitative estimate of drug-likeness (QED) is 0.786. The molecule has 2 aromatic heterocycles. The number of nitrogens with zero attached hydrogens (tertiary/aromatic N) is 3. The first-order chi connectivity index (χ1) is 11.7. The van der Waals surface area contributed by atoms with Crippen LogP contribution in [0.5, 0.6) is 0 Å². The molecule has 0 radical (unpaired) electrons. The first-order valence-corrected chi connectivity index (χ1v) is 7.93. The zero-order valence-corrected chi connectivity index (χ0v) is 13.0. The molecular formula is C18H16N4O2. The predicted octanol–water partition coefficient (Wildman–Crippen LogP) is 2.30. The van der Waals surface area contributed by atoms with Gasteiger partial charge in [0.1, 0.15) is 0 Å². The third kappa shape index (κ3) is 2.56. The van der Waals surface area contributed by atoms with Crippen LogP contribution in [0.1, 0.15) is 34.9 Å². The third-order valence-corrected chi connectivity index (χ3v) is 4.41. The summed E-state index contributed by atoms with van der Waals surface area (Å²) in [5.74, 6) is -0.0617. The highest BCUT2D eigenvalue weighted by Gasteiger charge is 2.31. The molecule has 1 aliphatic rings. The van der Waals surface area contributed by atoms with E-state index in [1.165, 1.54) is 6.20 Å². The summed E-state index contributed by atoms with van der Waals surface area (Å²) in [4.78, 5) is 37.0. The number of para-hydroxylation sites is 1. The molecule has 3 aromatic rings. The Balaban J connectivity index is 1.68. The molecule has 1 amide bonds. The predicted molar refractivity (Wildman–Crippen MR) is 89.6 cm³/mol. The van der Waals surface area contributed by atoms with Gasteiger partial charge in [0.2, 0.25) is 0 Å². The zero-order chi connectivity index (χ0) is 16.5. The molecule has 1 atom stereocenters. The largest absolute Gasteiger partial charge is 0.345 e. The van der Waals surface area contributed by atoms with Gasteiger partial charge in [-0.1, -0.05) is 18.2 Å². The van der Waals surface area contributed by atoms with Gasteiger partial charge < -0.3 is 9.88 Å². The average Bonchev–Trinajstić information content (AvgIpc) is 3.10. The molecule has 3 heterocycles. The van der Waals surface area contributed by atoms with Crippen molar-refractivity contribution in [2.24, 2.45) is 0 Å². The van der Waals surface area contributed by atoms with Gasteiger partial charge in [-0.15, -0.1) is 0 Å². The highest BCUT2D eigenvalue weighted by atomic mass is 16.2. The molecule has 24 heavy (non-hydrogen) atoms. The molecular weight excluding hydrogens is 304 g/mol. The number of amides is 1. The smallest absolute Gasteiger partial charge is 0.330 e. The summed E-state index contributed by atoms with van der Waals surface area (Å²) in [5, 5.41) is 0.941. The van der Waals surface area contributed by atoms with Crippen LogP contribution in [-0.2, 0) is 0 Å². The van der Waals surface area contributed by atoms with Crippen molar-refractivity contribution in [1.82, 2.24) is 19.9 Å². The second-order valence-electron chi connectivity index (χ2n) is 5.90. The maximum absolute atomic E-state index is 12.9. The molecule has 120 valence electrons. The molecule has 1 N–H and O–H groups in total. The highest BCUT2D eigenvalue weighted by Crippen LogP contribution is 2.31. The van der Waals surface area contributed by atoms with Gasteiger partial charge in [-0.3, -0.25) is 9.78 Å². The summed E-state index contributed by atoms with van der Waals surface area (Å²) in [6, 6.07) is 11.2. The molecule has 1 aliphatic heterocycles. The minimum atomic E-state index is -0.390. The van der Waals surface area contributed by atoms with Gasteiger partial charge >= 0.3 is 5.69 Å². The summed E-state index contributed by atoms with van der Waals surface area (Å²) < 4.78 is 0. The number of benzene rings is 1. The molecule has 6 nitrogen and oxygen atoms in total. The molecule has 0 unspecified atom stereocenters. The lowest BCUT2D eigenvalue weighted by molar-refractivity contribution is 0.0732. The third-order valence-electron chi connectivity index (χ3n) is 4.41. The average molecular weight is 320 g/mol. The van der Waals surface area contributed by atoms with Crippen LogP contribution in [-0.4, -0.2) is 32.3 Å². The fourth-order valence-corrected chi connectivity index (χ4v) is 3.26. The van der Waals surface area contributed by atoms with Gasteiger partial charge in [-0.25, -0.2) is 9.78 Å². The maximum Gasteiger partial charge on any atom is 0.345 e. The van der Waals surface area contributed by atoms with Gasteiger partial charge in [0.15, 0.2) is 0 Å². The van der Waals surface area contributed by atoms with Gasteiger partial charge in [-0.2, -0.15) is 0 Å². The number of nitrogens with one attached hydrogen (secondary N) is 1. The first-order valence-electron chi connectivity index (χ1n) is 7.93. The van der Waals surface area contributed by atoms with Gasteiger partial charge in [-0.05, 0) is 31.0 Å². The van der Waals surface area contributed by atoms with Crippen molar-refractivity contribution in [3.8, 4) is 0 Å². The fourth-order valence-electron chi connectivity index (χ4n) is 3.26. The van der Waals surface area contributed by atoms with E-state index in [-0.39, 0.29) is 17.6 Å². The first kappa shape index (κ1) is 14.6. The second kappa shape index (κ2) is 5.88. The van der Waals surface area contributed by atoms with Crippen LogP contribution < -0.4 is 5.69 Å². The Morgan fingerprint density at radius 1 is 1.21 bits per heavy atom. The number of rotatable bonds is 2. The molecule has 1 fully saturated rings. The summed E-state index contributed by atoms with van der Waals surface area (Å²) in [6.45, 7) is 0.667. The Morgan fingerprint density at radius 3 is 2.96 bits per heavy atom. The van der Waals surface area contributed by atoms with E-state index >= 15 is 0 Å². The number of H-pyrrole nitrogens is 1. The summed E-state index contributed by atoms with van der Waals surface area (Å²) >= 11 is 0. The number of pyridine rings is 1. The van der Waals surface area contributed by atoms with Crippen LogP contribution in [0.2, 0.25) is 0 Å². The van der Waals surface area contributed by atoms with Crippen molar-refractivity contribution in [1.29, 1.82) is 0 Å². The van der Waals surface area contributed by atoms with Crippen molar-refractivity contribution in [3.05, 3.63) is 70.5 Å². The molecule has 6 heteroatoms. The number of aromatic amines is 1. The minimum Gasteiger partial charge on any atom is -0.330 e. The van der Waals surface area contributed by atoms with Gasteiger partial charge in [0, 0.05) is 30.0 Å². The lowest BCUT2D eigenvalue weighted by Crippen LogP contribution is -2.32. The maximum atomic E-state index is 12.9. The Kier molecular flexibility index (Phi) is 3.57. The minimum absolute atomic E-state index is 0.0617. The van der Waals surface area contributed by atoms with E-state index in [4.69, 9.17) is 0 Å². The molecule has 1 aromatic carbocycles. The van der Waals surface area contributed by atoms with Crippen molar-refractivity contribution >= 4 is 16.8 Å². The summed E-state index contributed by atoms with van der Waals surface area (Å²) in [7, 11) is 0. The number of hydrogen-bond acceptors (Lipinski definition) is 4. The number of aromatic nitrogens is 3. The monoisotopic (exact) mass is 320 g/mol. The number of carbonyl (C=O) groups is 1. The van der Waals surface area contributed by atoms with E-state index < -0.39 is 0 Å². The molecule has 0 spiro atoms. The zero-order valence-electron chi connectivity index (χ0n) is 13.0. The number of carbonyl (C=O) groups excluding carboxylic acids is 1. The van der Waals surface area contributed by atoms with E-state index in [0.29, 0.717) is 12.1 Å². The van der Waals surface area contributed by atoms with Crippen LogP contribution in [0, 0.1) is 0 Å². The topological polar surface area (TPSA) is 79.0 Å². The van der Waals surface area contributed by atoms with Crippen LogP contribution in [0.4, 0.5) is 0 Å². The standard InChI is InChI=1S/C18H16N4O2/c23-17(13-10-12-4-1-2-5-14(12)20-11-13)22-9-3-6-16(22)15-7-8-19-18(24)21-15/h1-2,4-5,7-8,10-11,16H,3,6,9H2,(H,19,21,24)/t16-/m1/s1. The number of hydrogen-bond donors (Lipinski definition) is 1. The van der Waals surface area contributed by atoms with Crippen LogP contribution in [0.25, 0.3) is 10.9 Å². The van der Waals surface area contributed by atoms with E-state index in [0.717, 1.165) is 29.4 Å². The highest BCUT2D eigenvalue weighted by molar-refractivity contribution is 5.97. The van der Waals surface area contributed by atoms with E-state index in [1.54, 1.807) is 17.2 Å². The lowest BCUT2D eigenvalue weighted by atomic mass is 10.1. The van der Waals surface area contributed by atoms with Gasteiger partial charge in [0.25, 0.3) is 5.91 Å². The van der Waals surface area contributed by atoms with E-state index in [2.05, 4.69) is 15.0 Å². The Hall–Kier alpha value is -3.02. The Labute approximate surface area is 138 Å². The fraction of sp³-hybridized carbons (Fsp3) is 0.222. The Morgan fingerprint density at radius 2 is 2.08 bits per heavy atom. The van der Waals surface area contributed by atoms with Crippen molar-refractivity contribution < 1.29 is 4.79 Å². The molecule has 0 saturated carbocycles. The van der Waals surface area contributed by atoms with Crippen molar-refractivity contribution in [2.45, 2.75) is 18.9 Å². The van der Waals surface area contributed by atoms with Crippen molar-refractivity contribution in [3.63, 3.8) is 0 Å². The summed E-state index contributed by atoms with van der Waals surface area (Å²) in [5.41, 5.74) is 1.77. The van der Waals surface area contributed by atoms with Crippen molar-refractivity contribution in [2.75, 3.05) is 6.54 Å². The molecule has 0 bridgehead atoms. The van der Waals surface area contributed by atoms with E-state index in [9.17, 15) is 9.59 Å². The van der Waals surface area contributed by atoms with Crippen LogP contribution in [0.15, 0.2) is 53.6 Å². The molecule has 4 rings (SSSR count). The number of fused-ring (bicyclic) bond motifs is 1. The SMILES string of the molecule is O=C(c1cnc2ccccc2c1)N1CCC[C@@H]1c1ccnc(=O)[nH]1.